The summed E-state index contributed by atoms with van der Waals surface area (Å²) in [4.78, 5) is 16.3. The molecule has 0 unspecified atom stereocenters. The van der Waals surface area contributed by atoms with E-state index in [2.05, 4.69) is 48.8 Å². The van der Waals surface area contributed by atoms with Crippen molar-refractivity contribution in [2.24, 2.45) is 0 Å². The number of hydrogen-bond donors (Lipinski definition) is 1. The molecule has 0 aliphatic carbocycles. The van der Waals surface area contributed by atoms with Crippen LogP contribution < -0.4 is 10.1 Å². The molecule has 4 nitrogen and oxygen atoms in total. The molecule has 20 heavy (non-hydrogen) atoms. The number of aromatic nitrogens is 1. The molecule has 0 aliphatic heterocycles. The zero-order valence-corrected chi connectivity index (χ0v) is 14.8. The van der Waals surface area contributed by atoms with Crippen molar-refractivity contribution in [2.45, 2.75) is 0 Å². The third-order valence-corrected chi connectivity index (χ3v) is 4.45. The Morgan fingerprint density at radius 2 is 2.20 bits per heavy atom. The Morgan fingerprint density at radius 1 is 1.45 bits per heavy atom. The van der Waals surface area contributed by atoms with E-state index in [0.29, 0.717) is 22.2 Å². The highest BCUT2D eigenvalue weighted by molar-refractivity contribution is 14.1. The maximum atomic E-state index is 12.2. The van der Waals surface area contributed by atoms with Crippen molar-refractivity contribution in [1.29, 1.82) is 0 Å². The van der Waals surface area contributed by atoms with Gasteiger partial charge in [0.15, 0.2) is 0 Å². The minimum atomic E-state index is -0.324. The first kappa shape index (κ1) is 15.5. The molecule has 0 aliphatic rings. The third-order valence-electron chi connectivity index (χ3n) is 2.46. The van der Waals surface area contributed by atoms with Crippen LogP contribution in [0.4, 0.5) is 5.82 Å². The fraction of sp³-hybridized carbons (Fsp3) is 0.0769. The molecule has 0 atom stereocenters. The number of benzene rings is 1. The summed E-state index contributed by atoms with van der Waals surface area (Å²) >= 11 is 11.4. The summed E-state index contributed by atoms with van der Waals surface area (Å²) in [7, 11) is 1.51. The summed E-state index contributed by atoms with van der Waals surface area (Å²) in [5.41, 5.74) is 0.364. The second kappa shape index (κ2) is 6.73. The Hall–Kier alpha value is -0.860. The van der Waals surface area contributed by atoms with Crippen molar-refractivity contribution in [3.63, 3.8) is 0 Å². The highest BCUT2D eigenvalue weighted by Crippen LogP contribution is 2.28. The van der Waals surface area contributed by atoms with Crippen LogP contribution >= 0.6 is 50.1 Å². The van der Waals surface area contributed by atoms with Gasteiger partial charge in [0, 0.05) is 14.2 Å². The van der Waals surface area contributed by atoms with Crippen molar-refractivity contribution in [2.75, 3.05) is 12.4 Å². The molecule has 0 saturated carbocycles. The number of carbonyl (C=O) groups excluding carboxylic acids is 1. The van der Waals surface area contributed by atoms with Gasteiger partial charge < -0.3 is 10.1 Å². The average Bonchev–Trinajstić information content (AvgIpc) is 2.43. The summed E-state index contributed by atoms with van der Waals surface area (Å²) in [5.74, 6) is 0.596. The second-order valence-corrected chi connectivity index (χ2v) is 6.27. The van der Waals surface area contributed by atoms with Gasteiger partial charge in [-0.1, -0.05) is 11.6 Å². The van der Waals surface area contributed by atoms with Crippen molar-refractivity contribution < 1.29 is 9.53 Å². The van der Waals surface area contributed by atoms with Crippen LogP contribution in [0.25, 0.3) is 0 Å². The predicted octanol–water partition coefficient (Wildman–Crippen LogP) is 4.36. The van der Waals surface area contributed by atoms with Crippen molar-refractivity contribution in [1.82, 2.24) is 4.98 Å². The van der Waals surface area contributed by atoms with Crippen LogP contribution in [0.1, 0.15) is 10.4 Å². The number of halogens is 3. The van der Waals surface area contributed by atoms with E-state index in [0.717, 1.165) is 8.04 Å². The molecular weight excluding hydrogens is 458 g/mol. The lowest BCUT2D eigenvalue weighted by Gasteiger charge is -2.10. The van der Waals surface area contributed by atoms with Gasteiger partial charge in [-0.3, -0.25) is 4.79 Å². The lowest BCUT2D eigenvalue weighted by Crippen LogP contribution is -2.14. The first-order valence-electron chi connectivity index (χ1n) is 5.47. The molecule has 104 valence electrons. The topological polar surface area (TPSA) is 51.2 Å². The van der Waals surface area contributed by atoms with E-state index in [9.17, 15) is 4.79 Å². The Bertz CT molecular complexity index is 650. The summed E-state index contributed by atoms with van der Waals surface area (Å²) in [5, 5.41) is 3.20. The number of pyridine rings is 1. The molecule has 1 N–H and O–H groups in total. The molecule has 2 rings (SSSR count). The van der Waals surface area contributed by atoms with E-state index in [1.54, 1.807) is 30.5 Å². The molecule has 1 aromatic heterocycles. The number of hydrogen-bond acceptors (Lipinski definition) is 3. The van der Waals surface area contributed by atoms with E-state index in [1.807, 2.05) is 0 Å². The standard InChI is InChI=1S/C13H9BrClIN2O2/c1-20-11-5-10(16)9(15)4-8(11)13(19)18-12-3-2-7(14)6-17-12/h2-6H,1H3,(H,17,18,19). The van der Waals surface area contributed by atoms with Crippen molar-refractivity contribution in [3.8, 4) is 5.75 Å². The zero-order chi connectivity index (χ0) is 14.7. The smallest absolute Gasteiger partial charge is 0.260 e. The van der Waals surface area contributed by atoms with E-state index >= 15 is 0 Å². The molecule has 2 aromatic rings. The molecule has 7 heteroatoms. The van der Waals surface area contributed by atoms with Gasteiger partial charge in [0.05, 0.1) is 17.7 Å². The van der Waals surface area contributed by atoms with Gasteiger partial charge in [-0.05, 0) is 62.8 Å². The number of carbonyl (C=O) groups is 1. The fourth-order valence-corrected chi connectivity index (χ4v) is 2.35. The van der Waals surface area contributed by atoms with Crippen molar-refractivity contribution in [3.05, 3.63) is 49.1 Å². The summed E-state index contributed by atoms with van der Waals surface area (Å²) in [6, 6.07) is 6.78. The molecule has 0 spiro atoms. The van der Waals surface area contributed by atoms with Gasteiger partial charge in [-0.25, -0.2) is 4.98 Å². The Morgan fingerprint density at radius 3 is 2.80 bits per heavy atom. The third kappa shape index (κ3) is 3.62. The Balaban J connectivity index is 2.29. The van der Waals surface area contributed by atoms with E-state index in [4.69, 9.17) is 16.3 Å². The average molecular weight is 467 g/mol. The first-order chi connectivity index (χ1) is 9.51. The number of methoxy groups -OCH3 is 1. The van der Waals surface area contributed by atoms with Crippen LogP contribution in [0.5, 0.6) is 5.75 Å². The minimum absolute atomic E-state index is 0.324. The van der Waals surface area contributed by atoms with Gasteiger partial charge in [0.25, 0.3) is 5.91 Å². The molecule has 0 fully saturated rings. The molecular formula is C13H9BrClIN2O2. The van der Waals surface area contributed by atoms with Crippen LogP contribution in [-0.2, 0) is 0 Å². The number of rotatable bonds is 3. The lowest BCUT2D eigenvalue weighted by molar-refractivity contribution is 0.102. The number of amides is 1. The van der Waals surface area contributed by atoms with E-state index in [-0.39, 0.29) is 5.91 Å². The van der Waals surface area contributed by atoms with Crippen LogP contribution in [0.2, 0.25) is 5.02 Å². The number of ether oxygens (including phenoxy) is 1. The molecule has 0 bridgehead atoms. The van der Waals surface area contributed by atoms with Gasteiger partial charge in [-0.15, -0.1) is 0 Å². The SMILES string of the molecule is COc1cc(I)c(Cl)cc1C(=O)Nc1ccc(Br)cn1. The fourth-order valence-electron chi connectivity index (χ4n) is 1.51. The van der Waals surface area contributed by atoms with Crippen molar-refractivity contribution >= 4 is 61.8 Å². The van der Waals surface area contributed by atoms with Gasteiger partial charge in [0.1, 0.15) is 11.6 Å². The van der Waals surface area contributed by atoms with Crippen LogP contribution in [-0.4, -0.2) is 18.0 Å². The monoisotopic (exact) mass is 466 g/mol. The lowest BCUT2D eigenvalue weighted by atomic mass is 10.2. The summed E-state index contributed by atoms with van der Waals surface area (Å²) in [6.07, 6.45) is 1.60. The summed E-state index contributed by atoms with van der Waals surface area (Å²) in [6.45, 7) is 0. The highest BCUT2D eigenvalue weighted by atomic mass is 127. The zero-order valence-electron chi connectivity index (χ0n) is 10.3. The summed E-state index contributed by atoms with van der Waals surface area (Å²) < 4.78 is 6.86. The predicted molar refractivity (Wildman–Crippen MR) is 90.6 cm³/mol. The maximum Gasteiger partial charge on any atom is 0.260 e. The van der Waals surface area contributed by atoms with Crippen LogP contribution in [0, 0.1) is 3.57 Å². The molecule has 1 amide bonds. The molecule has 0 radical (unpaired) electrons. The maximum absolute atomic E-state index is 12.2. The normalized spacial score (nSPS) is 10.2. The largest absolute Gasteiger partial charge is 0.496 e. The minimum Gasteiger partial charge on any atom is -0.496 e. The van der Waals surface area contributed by atoms with E-state index < -0.39 is 0 Å². The molecule has 0 saturated heterocycles. The van der Waals surface area contributed by atoms with Gasteiger partial charge >= 0.3 is 0 Å². The number of nitrogens with one attached hydrogen (secondary N) is 1. The number of anilines is 1. The van der Waals surface area contributed by atoms with E-state index in [1.165, 1.54) is 7.11 Å². The molecule has 1 aromatic carbocycles. The Kier molecular flexibility index (Phi) is 5.22. The first-order valence-corrected chi connectivity index (χ1v) is 7.72. The van der Waals surface area contributed by atoms with Gasteiger partial charge in [-0.2, -0.15) is 0 Å². The second-order valence-electron chi connectivity index (χ2n) is 3.78. The number of nitrogens with zero attached hydrogens (tertiary/aromatic N) is 1. The quantitative estimate of drug-likeness (QED) is 0.683. The molecule has 1 heterocycles. The van der Waals surface area contributed by atoms with Crippen LogP contribution in [0.15, 0.2) is 34.9 Å². The Labute approximate surface area is 143 Å². The van der Waals surface area contributed by atoms with Crippen LogP contribution in [0.3, 0.4) is 0 Å². The van der Waals surface area contributed by atoms with Gasteiger partial charge in [0.2, 0.25) is 0 Å². The highest BCUT2D eigenvalue weighted by Gasteiger charge is 2.15.